The highest BCUT2D eigenvalue weighted by Crippen LogP contribution is 2.26. The molecule has 0 spiro atoms. The smallest absolute Gasteiger partial charge is 0.317 e. The summed E-state index contributed by atoms with van der Waals surface area (Å²) in [5.41, 5.74) is 0. The van der Waals surface area contributed by atoms with Crippen LogP contribution in [0.15, 0.2) is 4.52 Å². The van der Waals surface area contributed by atoms with Crippen LogP contribution in [-0.2, 0) is 4.79 Å². The standard InChI is InChI=1S/C16H25N5O3/c1-11(2)15-18-14(19-24-15)12-5-3-7-20(9-12)13(22)10-21-8-4-6-17-16(21)23/h11-12H,3-10H2,1-2H3,(H,17,23)/t12-/m1/s1. The third-order valence-electron chi connectivity index (χ3n) is 4.58. The van der Waals surface area contributed by atoms with Gasteiger partial charge in [0.05, 0.1) is 0 Å². The first kappa shape index (κ1) is 16.7. The molecule has 1 aromatic rings. The molecule has 1 aromatic heterocycles. The summed E-state index contributed by atoms with van der Waals surface area (Å²) < 4.78 is 5.28. The normalized spacial score (nSPS) is 22.0. The second-order valence-corrected chi connectivity index (χ2v) is 6.83. The third-order valence-corrected chi connectivity index (χ3v) is 4.58. The van der Waals surface area contributed by atoms with Crippen LogP contribution in [0.25, 0.3) is 0 Å². The van der Waals surface area contributed by atoms with E-state index in [9.17, 15) is 9.59 Å². The third kappa shape index (κ3) is 3.68. The number of amides is 3. The van der Waals surface area contributed by atoms with Crippen molar-refractivity contribution in [2.24, 2.45) is 0 Å². The molecule has 8 nitrogen and oxygen atoms in total. The SMILES string of the molecule is CC(C)c1nc([C@@H]2CCCN(C(=O)CN3CCCNC3=O)C2)no1. The zero-order valence-electron chi connectivity index (χ0n) is 14.3. The van der Waals surface area contributed by atoms with Gasteiger partial charge in [-0.05, 0) is 19.3 Å². The summed E-state index contributed by atoms with van der Waals surface area (Å²) in [5.74, 6) is 1.62. The van der Waals surface area contributed by atoms with Gasteiger partial charge in [-0.2, -0.15) is 4.98 Å². The van der Waals surface area contributed by atoms with Gasteiger partial charge >= 0.3 is 6.03 Å². The van der Waals surface area contributed by atoms with E-state index in [1.54, 1.807) is 4.90 Å². The van der Waals surface area contributed by atoms with Crippen LogP contribution in [0, 0.1) is 0 Å². The van der Waals surface area contributed by atoms with Crippen LogP contribution in [0.1, 0.15) is 56.7 Å². The summed E-state index contributed by atoms with van der Waals surface area (Å²) in [7, 11) is 0. The van der Waals surface area contributed by atoms with E-state index in [1.807, 2.05) is 18.7 Å². The highest BCUT2D eigenvalue weighted by atomic mass is 16.5. The van der Waals surface area contributed by atoms with Crippen LogP contribution in [0.3, 0.4) is 0 Å². The maximum atomic E-state index is 12.5. The second kappa shape index (κ2) is 7.19. The summed E-state index contributed by atoms with van der Waals surface area (Å²) >= 11 is 0. The Morgan fingerprint density at radius 3 is 2.92 bits per heavy atom. The number of nitrogens with zero attached hydrogens (tertiary/aromatic N) is 4. The van der Waals surface area contributed by atoms with E-state index in [2.05, 4.69) is 15.5 Å². The second-order valence-electron chi connectivity index (χ2n) is 6.83. The lowest BCUT2D eigenvalue weighted by molar-refractivity contribution is -0.133. The van der Waals surface area contributed by atoms with Crippen LogP contribution >= 0.6 is 0 Å². The van der Waals surface area contributed by atoms with Crippen LogP contribution in [-0.4, -0.2) is 64.6 Å². The maximum absolute atomic E-state index is 12.5. The number of piperidine rings is 1. The lowest BCUT2D eigenvalue weighted by atomic mass is 9.97. The van der Waals surface area contributed by atoms with Gasteiger partial charge in [-0.1, -0.05) is 19.0 Å². The Labute approximate surface area is 141 Å². The number of carbonyl (C=O) groups is 2. The molecule has 0 aromatic carbocycles. The molecule has 2 aliphatic heterocycles. The van der Waals surface area contributed by atoms with E-state index >= 15 is 0 Å². The Kier molecular flexibility index (Phi) is 5.01. The monoisotopic (exact) mass is 335 g/mol. The molecule has 0 unspecified atom stereocenters. The van der Waals surface area contributed by atoms with Crippen LogP contribution in [0.2, 0.25) is 0 Å². The first-order chi connectivity index (χ1) is 11.5. The summed E-state index contributed by atoms with van der Waals surface area (Å²) in [4.78, 5) is 32.2. The predicted octanol–water partition coefficient (Wildman–Crippen LogP) is 1.31. The first-order valence-corrected chi connectivity index (χ1v) is 8.68. The fourth-order valence-corrected chi connectivity index (χ4v) is 3.15. The molecule has 2 saturated heterocycles. The molecule has 132 valence electrons. The quantitative estimate of drug-likeness (QED) is 0.896. The Morgan fingerprint density at radius 1 is 1.38 bits per heavy atom. The first-order valence-electron chi connectivity index (χ1n) is 8.68. The molecule has 3 rings (SSSR count). The Morgan fingerprint density at radius 2 is 2.21 bits per heavy atom. The van der Waals surface area contributed by atoms with Crippen molar-refractivity contribution in [1.29, 1.82) is 0 Å². The van der Waals surface area contributed by atoms with Gasteiger partial charge < -0.3 is 19.6 Å². The van der Waals surface area contributed by atoms with Gasteiger partial charge in [-0.3, -0.25) is 4.79 Å². The van der Waals surface area contributed by atoms with Gasteiger partial charge in [0.1, 0.15) is 6.54 Å². The summed E-state index contributed by atoms with van der Waals surface area (Å²) in [6.45, 7) is 6.80. The lowest BCUT2D eigenvalue weighted by Crippen LogP contribution is -2.51. The number of hydrogen-bond donors (Lipinski definition) is 1. The van der Waals surface area contributed by atoms with Crippen molar-refractivity contribution in [3.63, 3.8) is 0 Å². The average molecular weight is 335 g/mol. The van der Waals surface area contributed by atoms with E-state index in [4.69, 9.17) is 4.52 Å². The number of aromatic nitrogens is 2. The van der Waals surface area contributed by atoms with E-state index in [1.165, 1.54) is 0 Å². The largest absolute Gasteiger partial charge is 0.340 e. The van der Waals surface area contributed by atoms with Gasteiger partial charge in [0.2, 0.25) is 11.8 Å². The summed E-state index contributed by atoms with van der Waals surface area (Å²) in [6.07, 6.45) is 2.74. The Bertz CT molecular complexity index is 600. The number of likely N-dealkylation sites (tertiary alicyclic amines) is 1. The van der Waals surface area contributed by atoms with E-state index in [0.29, 0.717) is 31.3 Å². The minimum Gasteiger partial charge on any atom is -0.340 e. The fraction of sp³-hybridized carbons (Fsp3) is 0.750. The molecule has 24 heavy (non-hydrogen) atoms. The molecule has 3 amide bonds. The Balaban J connectivity index is 1.60. The molecule has 2 aliphatic rings. The molecule has 0 saturated carbocycles. The molecule has 8 heteroatoms. The van der Waals surface area contributed by atoms with Gasteiger partial charge in [-0.15, -0.1) is 0 Å². The van der Waals surface area contributed by atoms with E-state index in [-0.39, 0.29) is 30.3 Å². The van der Waals surface area contributed by atoms with Crippen molar-refractivity contribution in [1.82, 2.24) is 25.3 Å². The van der Waals surface area contributed by atoms with E-state index in [0.717, 1.165) is 25.8 Å². The average Bonchev–Trinajstić information content (AvgIpc) is 3.07. The molecule has 1 N–H and O–H groups in total. The number of rotatable bonds is 4. The van der Waals surface area contributed by atoms with Crippen molar-refractivity contribution in [2.75, 3.05) is 32.7 Å². The molecule has 0 radical (unpaired) electrons. The number of nitrogens with one attached hydrogen (secondary N) is 1. The van der Waals surface area contributed by atoms with Gasteiger partial charge in [0, 0.05) is 38.0 Å². The molecule has 3 heterocycles. The van der Waals surface area contributed by atoms with Gasteiger partial charge in [0.25, 0.3) is 0 Å². The van der Waals surface area contributed by atoms with E-state index < -0.39 is 0 Å². The molecule has 1 atom stereocenters. The van der Waals surface area contributed by atoms with Crippen molar-refractivity contribution in [2.45, 2.75) is 44.9 Å². The van der Waals surface area contributed by atoms with Gasteiger partial charge in [0.15, 0.2) is 5.82 Å². The summed E-state index contributed by atoms with van der Waals surface area (Å²) in [5, 5.41) is 6.86. The molecular weight excluding hydrogens is 310 g/mol. The fourth-order valence-electron chi connectivity index (χ4n) is 3.15. The predicted molar refractivity (Wildman–Crippen MR) is 86.5 cm³/mol. The maximum Gasteiger partial charge on any atom is 0.317 e. The van der Waals surface area contributed by atoms with Crippen molar-refractivity contribution >= 4 is 11.9 Å². The van der Waals surface area contributed by atoms with Gasteiger partial charge in [-0.25, -0.2) is 4.79 Å². The van der Waals surface area contributed by atoms with Crippen LogP contribution < -0.4 is 5.32 Å². The lowest BCUT2D eigenvalue weighted by Gasteiger charge is -2.34. The molecule has 0 aliphatic carbocycles. The number of hydrogen-bond acceptors (Lipinski definition) is 5. The van der Waals surface area contributed by atoms with Crippen LogP contribution in [0.4, 0.5) is 4.79 Å². The molecular formula is C16H25N5O3. The number of carbonyl (C=O) groups excluding carboxylic acids is 2. The Hall–Kier alpha value is -2.12. The minimum absolute atomic E-state index is 0.00988. The zero-order chi connectivity index (χ0) is 17.1. The zero-order valence-corrected chi connectivity index (χ0v) is 14.3. The topological polar surface area (TPSA) is 91.6 Å². The molecule has 2 fully saturated rings. The molecule has 0 bridgehead atoms. The number of urea groups is 1. The highest BCUT2D eigenvalue weighted by molar-refractivity contribution is 5.84. The minimum atomic E-state index is -0.150. The van der Waals surface area contributed by atoms with Crippen molar-refractivity contribution in [3.8, 4) is 0 Å². The summed E-state index contributed by atoms with van der Waals surface area (Å²) in [6, 6.07) is -0.150. The van der Waals surface area contributed by atoms with Crippen molar-refractivity contribution < 1.29 is 14.1 Å². The van der Waals surface area contributed by atoms with Crippen LogP contribution in [0.5, 0.6) is 0 Å². The highest BCUT2D eigenvalue weighted by Gasteiger charge is 2.30. The van der Waals surface area contributed by atoms with Crippen molar-refractivity contribution in [3.05, 3.63) is 11.7 Å².